The smallest absolute Gasteiger partial charge is 0.407 e. The number of hydrogen-bond acceptors (Lipinski definition) is 4. The molecule has 0 saturated heterocycles. The number of carboxylic acid groups (broad SMARTS) is 1. The lowest BCUT2D eigenvalue weighted by Gasteiger charge is -2.21. The molecule has 7 nitrogen and oxygen atoms in total. The van der Waals surface area contributed by atoms with E-state index in [2.05, 4.69) is 34.9 Å². The van der Waals surface area contributed by atoms with Crippen molar-refractivity contribution in [2.45, 2.75) is 64.0 Å². The van der Waals surface area contributed by atoms with Crippen LogP contribution in [0.5, 0.6) is 0 Å². The Hall–Kier alpha value is -3.35. The number of ether oxygens (including phenoxy) is 1. The SMILES string of the molecule is CCC(C)[C@H](NC(=O)C[C@H]1CC[C@@H](NC(=O)OCC2c3ccccc3-c3ccccc32)C1)C(=O)O. The molecule has 1 fully saturated rings. The molecule has 186 valence electrons. The summed E-state index contributed by atoms with van der Waals surface area (Å²) in [6.45, 7) is 4.00. The molecule has 0 aliphatic heterocycles. The first-order valence-electron chi connectivity index (χ1n) is 12.5. The van der Waals surface area contributed by atoms with E-state index in [1.54, 1.807) is 0 Å². The summed E-state index contributed by atoms with van der Waals surface area (Å²) in [7, 11) is 0. The van der Waals surface area contributed by atoms with Crippen LogP contribution in [0, 0.1) is 11.8 Å². The van der Waals surface area contributed by atoms with Gasteiger partial charge in [0.05, 0.1) is 0 Å². The number of hydrogen-bond donors (Lipinski definition) is 3. The third-order valence-corrected chi connectivity index (χ3v) is 7.48. The summed E-state index contributed by atoms with van der Waals surface area (Å²) in [4.78, 5) is 36.4. The van der Waals surface area contributed by atoms with Gasteiger partial charge in [-0.1, -0.05) is 68.8 Å². The van der Waals surface area contributed by atoms with Gasteiger partial charge >= 0.3 is 12.1 Å². The molecule has 2 amide bonds. The van der Waals surface area contributed by atoms with Crippen LogP contribution in [-0.2, 0) is 14.3 Å². The van der Waals surface area contributed by atoms with Gasteiger partial charge in [0.2, 0.25) is 5.91 Å². The summed E-state index contributed by atoms with van der Waals surface area (Å²) >= 11 is 0. The second-order valence-electron chi connectivity index (χ2n) is 9.82. The number of carbonyl (C=O) groups is 3. The van der Waals surface area contributed by atoms with E-state index in [-0.39, 0.29) is 42.7 Å². The highest BCUT2D eigenvalue weighted by atomic mass is 16.5. The van der Waals surface area contributed by atoms with Crippen molar-refractivity contribution in [3.63, 3.8) is 0 Å². The monoisotopic (exact) mass is 478 g/mol. The molecule has 1 saturated carbocycles. The quantitative estimate of drug-likeness (QED) is 0.485. The molecule has 2 aliphatic rings. The molecule has 2 aliphatic carbocycles. The number of benzene rings is 2. The van der Waals surface area contributed by atoms with Crippen molar-refractivity contribution >= 4 is 18.0 Å². The van der Waals surface area contributed by atoms with Crippen molar-refractivity contribution in [2.24, 2.45) is 11.8 Å². The van der Waals surface area contributed by atoms with E-state index in [9.17, 15) is 19.5 Å². The molecular formula is C28H34N2O5. The lowest BCUT2D eigenvalue weighted by molar-refractivity contribution is -0.143. The Bertz CT molecular complexity index is 1040. The molecule has 4 rings (SSSR count). The van der Waals surface area contributed by atoms with Crippen molar-refractivity contribution in [1.29, 1.82) is 0 Å². The number of carboxylic acids is 1. The van der Waals surface area contributed by atoms with Gasteiger partial charge in [0.25, 0.3) is 0 Å². The van der Waals surface area contributed by atoms with E-state index >= 15 is 0 Å². The van der Waals surface area contributed by atoms with Gasteiger partial charge in [-0.25, -0.2) is 9.59 Å². The maximum atomic E-state index is 12.6. The van der Waals surface area contributed by atoms with Crippen LogP contribution < -0.4 is 10.6 Å². The summed E-state index contributed by atoms with van der Waals surface area (Å²) in [6, 6.07) is 15.5. The van der Waals surface area contributed by atoms with Crippen LogP contribution in [0.4, 0.5) is 4.79 Å². The number of fused-ring (bicyclic) bond motifs is 3. The first kappa shape index (κ1) is 24.8. The number of nitrogens with one attached hydrogen (secondary N) is 2. The zero-order chi connectivity index (χ0) is 24.9. The third kappa shape index (κ3) is 5.66. The number of carbonyl (C=O) groups excluding carboxylic acids is 2. The second-order valence-corrected chi connectivity index (χ2v) is 9.82. The van der Waals surface area contributed by atoms with Gasteiger partial charge < -0.3 is 20.5 Å². The minimum atomic E-state index is -1.01. The third-order valence-electron chi connectivity index (χ3n) is 7.48. The van der Waals surface area contributed by atoms with E-state index in [1.165, 1.54) is 22.3 Å². The average Bonchev–Trinajstić information content (AvgIpc) is 3.42. The first-order chi connectivity index (χ1) is 16.9. The molecule has 7 heteroatoms. The Labute approximate surface area is 206 Å². The Morgan fingerprint density at radius 1 is 1.03 bits per heavy atom. The zero-order valence-corrected chi connectivity index (χ0v) is 20.3. The first-order valence-corrected chi connectivity index (χ1v) is 12.5. The van der Waals surface area contributed by atoms with Crippen molar-refractivity contribution < 1.29 is 24.2 Å². The summed E-state index contributed by atoms with van der Waals surface area (Å²) in [5, 5.41) is 15.0. The van der Waals surface area contributed by atoms with E-state index in [0.717, 1.165) is 12.8 Å². The maximum absolute atomic E-state index is 12.6. The number of aliphatic carboxylic acids is 1. The largest absolute Gasteiger partial charge is 0.480 e. The van der Waals surface area contributed by atoms with Gasteiger partial charge in [0, 0.05) is 18.4 Å². The van der Waals surface area contributed by atoms with E-state index in [1.807, 2.05) is 38.1 Å². The predicted octanol–water partition coefficient (Wildman–Crippen LogP) is 4.70. The topological polar surface area (TPSA) is 105 Å². The molecule has 0 radical (unpaired) electrons. The normalized spacial score (nSPS) is 20.4. The van der Waals surface area contributed by atoms with E-state index in [4.69, 9.17) is 4.74 Å². The lowest BCUT2D eigenvalue weighted by atomic mass is 9.98. The second kappa shape index (κ2) is 10.9. The fourth-order valence-electron chi connectivity index (χ4n) is 5.38. The molecule has 0 spiro atoms. The Kier molecular flexibility index (Phi) is 7.73. The maximum Gasteiger partial charge on any atom is 0.407 e. The molecule has 2 aromatic rings. The Morgan fingerprint density at radius 3 is 2.26 bits per heavy atom. The van der Waals surface area contributed by atoms with Crippen molar-refractivity contribution in [2.75, 3.05) is 6.61 Å². The number of rotatable bonds is 9. The summed E-state index contributed by atoms with van der Waals surface area (Å²) in [6.07, 6.45) is 2.76. The van der Waals surface area contributed by atoms with Gasteiger partial charge in [-0.15, -0.1) is 0 Å². The summed E-state index contributed by atoms with van der Waals surface area (Å²) < 4.78 is 5.64. The van der Waals surface area contributed by atoms with Crippen molar-refractivity contribution in [3.8, 4) is 11.1 Å². The zero-order valence-electron chi connectivity index (χ0n) is 20.3. The molecule has 0 aromatic heterocycles. The molecule has 0 heterocycles. The van der Waals surface area contributed by atoms with Gasteiger partial charge in [0.1, 0.15) is 12.6 Å². The predicted molar refractivity (Wildman–Crippen MR) is 133 cm³/mol. The van der Waals surface area contributed by atoms with Crippen LogP contribution in [0.25, 0.3) is 11.1 Å². The van der Waals surface area contributed by atoms with Crippen LogP contribution in [0.3, 0.4) is 0 Å². The molecule has 35 heavy (non-hydrogen) atoms. The van der Waals surface area contributed by atoms with Crippen LogP contribution in [-0.4, -0.2) is 41.8 Å². The van der Waals surface area contributed by atoms with Gasteiger partial charge in [-0.05, 0) is 53.4 Å². The lowest BCUT2D eigenvalue weighted by Crippen LogP contribution is -2.45. The Balaban J connectivity index is 1.25. The van der Waals surface area contributed by atoms with E-state index < -0.39 is 18.1 Å². The van der Waals surface area contributed by atoms with Crippen molar-refractivity contribution in [3.05, 3.63) is 59.7 Å². The molecular weight excluding hydrogens is 444 g/mol. The number of alkyl carbamates (subject to hydrolysis) is 1. The summed E-state index contributed by atoms with van der Waals surface area (Å²) in [5.41, 5.74) is 4.72. The average molecular weight is 479 g/mol. The minimum absolute atomic E-state index is 0.0147. The van der Waals surface area contributed by atoms with Crippen molar-refractivity contribution in [1.82, 2.24) is 10.6 Å². The highest BCUT2D eigenvalue weighted by molar-refractivity contribution is 5.84. The van der Waals surface area contributed by atoms with Gasteiger partial charge in [-0.2, -0.15) is 0 Å². The van der Waals surface area contributed by atoms with Crippen LogP contribution >= 0.6 is 0 Å². The Morgan fingerprint density at radius 2 is 1.66 bits per heavy atom. The fraction of sp³-hybridized carbons (Fsp3) is 0.464. The molecule has 3 N–H and O–H groups in total. The molecule has 4 atom stereocenters. The van der Waals surface area contributed by atoms with Gasteiger partial charge in [0.15, 0.2) is 0 Å². The van der Waals surface area contributed by atoms with Gasteiger partial charge in [-0.3, -0.25) is 4.79 Å². The van der Waals surface area contributed by atoms with Crippen LogP contribution in [0.1, 0.15) is 63.0 Å². The summed E-state index contributed by atoms with van der Waals surface area (Å²) in [5.74, 6) is -1.26. The fourth-order valence-corrected chi connectivity index (χ4v) is 5.38. The molecule has 2 aromatic carbocycles. The molecule has 1 unspecified atom stereocenters. The molecule has 0 bridgehead atoms. The highest BCUT2D eigenvalue weighted by Gasteiger charge is 2.32. The standard InChI is InChI=1S/C28H34N2O5/c1-3-17(2)26(27(32)33)30-25(31)15-18-12-13-19(14-18)29-28(34)35-16-24-22-10-6-4-8-20(22)21-9-5-7-11-23(21)24/h4-11,17-19,24,26H,3,12-16H2,1-2H3,(H,29,34)(H,30,31)(H,32,33)/t17?,18-,19+,26-/m0/s1. The highest BCUT2D eigenvalue weighted by Crippen LogP contribution is 2.44. The van der Waals surface area contributed by atoms with Crippen LogP contribution in [0.15, 0.2) is 48.5 Å². The minimum Gasteiger partial charge on any atom is -0.480 e. The van der Waals surface area contributed by atoms with E-state index in [0.29, 0.717) is 12.8 Å². The van der Waals surface area contributed by atoms with Crippen LogP contribution in [0.2, 0.25) is 0 Å². The number of amides is 2.